The summed E-state index contributed by atoms with van der Waals surface area (Å²) >= 11 is 5.95. The number of amides is 2. The number of carbonyl (C=O) groups excluding carboxylic acids is 1. The van der Waals surface area contributed by atoms with E-state index in [1.54, 1.807) is 0 Å². The van der Waals surface area contributed by atoms with E-state index < -0.39 is 25.7 Å². The lowest BCUT2D eigenvalue weighted by Gasteiger charge is -2.22. The summed E-state index contributed by atoms with van der Waals surface area (Å²) in [7, 11) is -1.13. The van der Waals surface area contributed by atoms with Gasteiger partial charge in [0.15, 0.2) is 0 Å². The smallest absolute Gasteiger partial charge is 0.307 e. The number of hydrogen-bond acceptors (Lipinski definition) is 1. The van der Waals surface area contributed by atoms with Gasteiger partial charge >= 0.3 is 12.2 Å². The van der Waals surface area contributed by atoms with Gasteiger partial charge in [0.25, 0.3) is 0 Å². The Kier molecular flexibility index (Phi) is 6.80. The predicted octanol–water partition coefficient (Wildman–Crippen LogP) is 6.08. The fourth-order valence-corrected chi connectivity index (χ4v) is 4.99. The van der Waals surface area contributed by atoms with Crippen molar-refractivity contribution in [2.45, 2.75) is 6.18 Å². The first-order valence-electron chi connectivity index (χ1n) is 8.79. The van der Waals surface area contributed by atoms with Gasteiger partial charge in [0.1, 0.15) is 0 Å². The van der Waals surface area contributed by atoms with E-state index in [1.807, 2.05) is 60.7 Å². The Morgan fingerprint density at radius 2 is 1.43 bits per heavy atom. The minimum Gasteiger partial charge on any atom is -0.307 e. The highest BCUT2D eigenvalue weighted by atomic mass is 35.5. The van der Waals surface area contributed by atoms with E-state index in [1.165, 1.54) is 0 Å². The van der Waals surface area contributed by atoms with Crippen LogP contribution in [0.5, 0.6) is 0 Å². The number of benzene rings is 3. The van der Waals surface area contributed by atoms with Crippen molar-refractivity contribution in [1.82, 2.24) is 5.32 Å². The Bertz CT molecular complexity index is 1000. The first-order valence-corrected chi connectivity index (χ1v) is 10.5. The van der Waals surface area contributed by atoms with Gasteiger partial charge in [-0.3, -0.25) is 0 Å². The zero-order chi connectivity index (χ0) is 21.7. The second-order valence-electron chi connectivity index (χ2n) is 6.22. The molecule has 0 fully saturated rings. The molecule has 0 aliphatic carbocycles. The SMILES string of the molecule is C=C(NC(=O)Nc1cc(C(F)(F)F)ccc1Cl)P(c1ccccc1)c1ccccc1. The summed E-state index contributed by atoms with van der Waals surface area (Å²) in [6, 6.07) is 21.1. The van der Waals surface area contributed by atoms with E-state index in [4.69, 9.17) is 11.6 Å². The van der Waals surface area contributed by atoms with E-state index in [0.29, 0.717) is 5.44 Å². The molecule has 3 aromatic rings. The monoisotopic (exact) mass is 448 g/mol. The highest BCUT2D eigenvalue weighted by Gasteiger charge is 2.31. The summed E-state index contributed by atoms with van der Waals surface area (Å²) in [6.07, 6.45) is -4.55. The summed E-state index contributed by atoms with van der Waals surface area (Å²) < 4.78 is 38.8. The summed E-state index contributed by atoms with van der Waals surface area (Å²) in [6.45, 7) is 4.01. The minimum absolute atomic E-state index is 0.00264. The lowest BCUT2D eigenvalue weighted by atomic mass is 10.2. The van der Waals surface area contributed by atoms with Crippen LogP contribution in [-0.2, 0) is 6.18 Å². The molecule has 0 aliphatic heterocycles. The van der Waals surface area contributed by atoms with Crippen molar-refractivity contribution in [1.29, 1.82) is 0 Å². The van der Waals surface area contributed by atoms with Crippen molar-refractivity contribution in [2.75, 3.05) is 5.32 Å². The largest absolute Gasteiger partial charge is 0.416 e. The molecule has 0 aromatic heterocycles. The quantitative estimate of drug-likeness (QED) is 0.456. The Hall–Kier alpha value is -2.82. The van der Waals surface area contributed by atoms with Crippen molar-refractivity contribution in [2.24, 2.45) is 0 Å². The third kappa shape index (κ3) is 5.41. The molecule has 2 N–H and O–H groups in total. The average molecular weight is 449 g/mol. The number of urea groups is 1. The molecule has 0 atom stereocenters. The number of halogens is 4. The topological polar surface area (TPSA) is 41.1 Å². The minimum atomic E-state index is -4.55. The number of nitrogens with one attached hydrogen (secondary N) is 2. The van der Waals surface area contributed by atoms with E-state index in [9.17, 15) is 18.0 Å². The van der Waals surface area contributed by atoms with E-state index in [2.05, 4.69) is 17.2 Å². The van der Waals surface area contributed by atoms with Gasteiger partial charge in [0.2, 0.25) is 0 Å². The van der Waals surface area contributed by atoms with Crippen LogP contribution in [0.25, 0.3) is 0 Å². The molecular formula is C22H17ClF3N2OP. The van der Waals surface area contributed by atoms with Crippen molar-refractivity contribution in [3.63, 3.8) is 0 Å². The summed E-state index contributed by atoms with van der Waals surface area (Å²) in [5.74, 6) is 0. The summed E-state index contributed by atoms with van der Waals surface area (Å²) in [5.41, 5.74) is -0.611. The molecule has 0 saturated carbocycles. The van der Waals surface area contributed by atoms with Gasteiger partial charge in [0, 0.05) is 13.4 Å². The fraction of sp³-hybridized carbons (Fsp3) is 0.0455. The van der Waals surface area contributed by atoms with E-state index >= 15 is 0 Å². The predicted molar refractivity (Wildman–Crippen MR) is 117 cm³/mol. The standard InChI is InChI=1S/C22H17ClF3N2OP/c1-15(30(17-8-4-2-5-9-17)18-10-6-3-7-11-18)27-21(29)28-20-14-16(22(24,25)26)12-13-19(20)23/h2-14H,1H2,(H2,27,28,29). The molecule has 30 heavy (non-hydrogen) atoms. The van der Waals surface area contributed by atoms with Gasteiger partial charge in [-0.2, -0.15) is 13.2 Å². The first kappa shape index (κ1) is 21.9. The van der Waals surface area contributed by atoms with Gasteiger partial charge < -0.3 is 10.6 Å². The number of carbonyl (C=O) groups is 1. The Labute approximate surface area is 178 Å². The normalized spacial score (nSPS) is 11.2. The Morgan fingerprint density at radius 1 is 0.900 bits per heavy atom. The van der Waals surface area contributed by atoms with Crippen molar-refractivity contribution >= 4 is 41.9 Å². The maximum atomic E-state index is 12.9. The first-order chi connectivity index (χ1) is 14.3. The molecular weight excluding hydrogens is 432 g/mol. The molecule has 2 amide bonds. The number of hydrogen-bond donors (Lipinski definition) is 2. The zero-order valence-electron chi connectivity index (χ0n) is 15.6. The molecule has 0 saturated heterocycles. The molecule has 3 aromatic carbocycles. The fourth-order valence-electron chi connectivity index (χ4n) is 2.75. The van der Waals surface area contributed by atoms with Gasteiger partial charge in [-0.15, -0.1) is 0 Å². The zero-order valence-corrected chi connectivity index (χ0v) is 17.2. The summed E-state index contributed by atoms with van der Waals surface area (Å²) in [4.78, 5) is 12.5. The van der Waals surface area contributed by atoms with Crippen LogP contribution in [0, 0.1) is 0 Å². The molecule has 0 aliphatic rings. The molecule has 0 unspecified atom stereocenters. The van der Waals surface area contributed by atoms with Crippen LogP contribution >= 0.6 is 19.5 Å². The van der Waals surface area contributed by atoms with Crippen molar-refractivity contribution in [3.05, 3.63) is 101 Å². The van der Waals surface area contributed by atoms with Crippen LogP contribution in [0.15, 0.2) is 90.9 Å². The molecule has 154 valence electrons. The second-order valence-corrected chi connectivity index (χ2v) is 8.88. The Balaban J connectivity index is 1.81. The third-order valence-electron chi connectivity index (χ3n) is 4.10. The van der Waals surface area contributed by atoms with Crippen molar-refractivity contribution in [3.8, 4) is 0 Å². The Morgan fingerprint density at radius 3 is 1.93 bits per heavy atom. The van der Waals surface area contributed by atoms with Gasteiger partial charge in [-0.1, -0.05) is 78.8 Å². The molecule has 3 rings (SSSR count). The van der Waals surface area contributed by atoms with Crippen LogP contribution in [-0.4, -0.2) is 6.03 Å². The van der Waals surface area contributed by atoms with E-state index in [0.717, 1.165) is 28.8 Å². The molecule has 3 nitrogen and oxygen atoms in total. The maximum Gasteiger partial charge on any atom is 0.416 e. The lowest BCUT2D eigenvalue weighted by molar-refractivity contribution is -0.137. The highest BCUT2D eigenvalue weighted by Crippen LogP contribution is 2.40. The van der Waals surface area contributed by atoms with Crippen LogP contribution in [0.4, 0.5) is 23.7 Å². The maximum absolute atomic E-state index is 12.9. The van der Waals surface area contributed by atoms with E-state index in [-0.39, 0.29) is 10.7 Å². The van der Waals surface area contributed by atoms with Crippen LogP contribution in [0.3, 0.4) is 0 Å². The van der Waals surface area contributed by atoms with Gasteiger partial charge in [0.05, 0.1) is 16.3 Å². The highest BCUT2D eigenvalue weighted by molar-refractivity contribution is 7.76. The molecule has 0 heterocycles. The lowest BCUT2D eigenvalue weighted by Crippen LogP contribution is -2.30. The third-order valence-corrected chi connectivity index (χ3v) is 6.71. The number of rotatable bonds is 5. The second kappa shape index (κ2) is 9.33. The van der Waals surface area contributed by atoms with Gasteiger partial charge in [-0.25, -0.2) is 4.79 Å². The molecule has 8 heteroatoms. The van der Waals surface area contributed by atoms with Gasteiger partial charge in [-0.05, 0) is 28.8 Å². The molecule has 0 bridgehead atoms. The molecule has 0 radical (unpaired) electrons. The number of anilines is 1. The van der Waals surface area contributed by atoms with Crippen LogP contribution < -0.4 is 21.2 Å². The van der Waals surface area contributed by atoms with Crippen molar-refractivity contribution < 1.29 is 18.0 Å². The average Bonchev–Trinajstić information content (AvgIpc) is 2.70. The molecule has 0 spiro atoms. The van der Waals surface area contributed by atoms with Crippen LogP contribution in [0.2, 0.25) is 5.02 Å². The summed E-state index contributed by atoms with van der Waals surface area (Å²) in [5, 5.41) is 6.98. The van der Waals surface area contributed by atoms with Crippen LogP contribution in [0.1, 0.15) is 5.56 Å². The number of alkyl halides is 3.